The number of anilines is 1. The van der Waals surface area contributed by atoms with Crippen LogP contribution in [0.15, 0.2) is 30.6 Å². The molecule has 3 heterocycles. The van der Waals surface area contributed by atoms with Gasteiger partial charge in [-0.3, -0.25) is 14.8 Å². The van der Waals surface area contributed by atoms with Crippen molar-refractivity contribution in [2.75, 3.05) is 11.9 Å². The number of fused-ring (bicyclic) bond motifs is 3. The second-order valence-electron chi connectivity index (χ2n) is 7.49. The maximum Gasteiger partial charge on any atom is 0.323 e. The van der Waals surface area contributed by atoms with E-state index in [0.29, 0.717) is 5.56 Å². The fraction of sp³-hybridized carbons (Fsp3) is 0.350. The predicted molar refractivity (Wildman–Crippen MR) is 99.0 cm³/mol. The molecule has 0 unspecified atom stereocenters. The van der Waals surface area contributed by atoms with Crippen LogP contribution in [0.25, 0.3) is 0 Å². The van der Waals surface area contributed by atoms with Gasteiger partial charge in [0, 0.05) is 12.4 Å². The Hall–Kier alpha value is -3.47. The third kappa shape index (κ3) is 2.51. The molecule has 5 rings (SSSR count). The van der Waals surface area contributed by atoms with Crippen LogP contribution in [0, 0.1) is 11.3 Å². The highest BCUT2D eigenvalue weighted by Gasteiger charge is 2.56. The molecule has 1 aliphatic heterocycles. The van der Waals surface area contributed by atoms with E-state index in [-0.39, 0.29) is 24.5 Å². The summed E-state index contributed by atoms with van der Waals surface area (Å²) in [4.78, 5) is 35.8. The van der Waals surface area contributed by atoms with Crippen molar-refractivity contribution in [3.8, 4) is 6.07 Å². The number of amides is 3. The van der Waals surface area contributed by atoms with Crippen LogP contribution in [0.2, 0.25) is 0 Å². The lowest BCUT2D eigenvalue weighted by Gasteiger charge is -2.36. The molecule has 0 aromatic carbocycles. The molecule has 3 amide bonds. The highest BCUT2D eigenvalue weighted by molar-refractivity contribution is 5.96. The summed E-state index contributed by atoms with van der Waals surface area (Å²) < 4.78 is 0. The molecule has 3 aliphatic rings. The molecule has 1 saturated carbocycles. The second kappa shape index (κ2) is 6.02. The highest BCUT2D eigenvalue weighted by Crippen LogP contribution is 2.54. The van der Waals surface area contributed by atoms with Gasteiger partial charge in [0.25, 0.3) is 0 Å². The number of hydrogen-bond donors (Lipinski definition) is 2. The lowest BCUT2D eigenvalue weighted by Crippen LogP contribution is -2.52. The number of nitrogens with one attached hydrogen (secondary N) is 2. The average molecular weight is 374 g/mol. The number of rotatable bonds is 3. The zero-order valence-corrected chi connectivity index (χ0v) is 15.1. The first kappa shape index (κ1) is 16.7. The molecular formula is C20H18N6O2. The molecule has 0 radical (unpaired) electrons. The van der Waals surface area contributed by atoms with Crippen molar-refractivity contribution in [2.24, 2.45) is 0 Å². The van der Waals surface area contributed by atoms with E-state index in [1.165, 1.54) is 6.20 Å². The van der Waals surface area contributed by atoms with Crippen LogP contribution in [0.5, 0.6) is 0 Å². The number of carbonyl (C=O) groups excluding carboxylic acids is 2. The van der Waals surface area contributed by atoms with Gasteiger partial charge in [0.2, 0.25) is 5.91 Å². The Morgan fingerprint density at radius 3 is 3.07 bits per heavy atom. The Kier molecular flexibility index (Phi) is 3.59. The number of nitrogens with zero attached hydrogens (tertiary/aromatic N) is 4. The average Bonchev–Trinajstić information content (AvgIpc) is 3.40. The molecule has 2 N–H and O–H groups in total. The molecule has 140 valence electrons. The summed E-state index contributed by atoms with van der Waals surface area (Å²) >= 11 is 0. The molecule has 1 fully saturated rings. The van der Waals surface area contributed by atoms with Gasteiger partial charge >= 0.3 is 6.03 Å². The molecule has 8 heteroatoms. The summed E-state index contributed by atoms with van der Waals surface area (Å²) in [5.74, 6) is -0.218. The highest BCUT2D eigenvalue weighted by atomic mass is 16.2. The van der Waals surface area contributed by atoms with E-state index in [0.717, 1.165) is 48.3 Å². The fourth-order valence-electron chi connectivity index (χ4n) is 4.29. The molecule has 28 heavy (non-hydrogen) atoms. The standard InChI is InChI=1S/C20H18N6O2/c21-9-12-8-13-3-4-14(17(13)23-10-12)24-16(27)11-26-19(28)25-15-2-1-7-22-18(15)20(26)5-6-20/h1-2,7-8,10,14H,3-6,11H2,(H,24,27)(H,25,28)/t14-/m1/s1. The molecule has 2 aromatic heterocycles. The molecule has 0 saturated heterocycles. The van der Waals surface area contributed by atoms with Crippen LogP contribution in [-0.4, -0.2) is 33.4 Å². The third-order valence-electron chi connectivity index (χ3n) is 5.78. The SMILES string of the molecule is N#Cc1cnc2c(c1)CC[C@H]2NC(=O)CN1C(=O)Nc2cccnc2C12CC2. The van der Waals surface area contributed by atoms with Crippen LogP contribution in [0.3, 0.4) is 0 Å². The van der Waals surface area contributed by atoms with E-state index in [9.17, 15) is 9.59 Å². The zero-order valence-electron chi connectivity index (χ0n) is 15.1. The number of urea groups is 1. The normalized spacial score (nSPS) is 20.8. The first-order chi connectivity index (χ1) is 13.6. The van der Waals surface area contributed by atoms with Crippen LogP contribution < -0.4 is 10.6 Å². The Morgan fingerprint density at radius 1 is 1.43 bits per heavy atom. The smallest absolute Gasteiger partial charge is 0.323 e. The van der Waals surface area contributed by atoms with E-state index in [1.54, 1.807) is 17.2 Å². The lowest BCUT2D eigenvalue weighted by atomic mass is 10.0. The van der Waals surface area contributed by atoms with Gasteiger partial charge in [-0.15, -0.1) is 0 Å². The molecule has 0 bridgehead atoms. The van der Waals surface area contributed by atoms with Gasteiger partial charge < -0.3 is 15.5 Å². The van der Waals surface area contributed by atoms with Gasteiger partial charge in [-0.25, -0.2) is 4.79 Å². The summed E-state index contributed by atoms with van der Waals surface area (Å²) in [6.45, 7) is -0.0238. The van der Waals surface area contributed by atoms with E-state index in [1.807, 2.05) is 12.1 Å². The van der Waals surface area contributed by atoms with Crippen molar-refractivity contribution in [1.82, 2.24) is 20.2 Å². The van der Waals surface area contributed by atoms with Crippen molar-refractivity contribution in [1.29, 1.82) is 5.26 Å². The number of aryl methyl sites for hydroxylation is 1. The summed E-state index contributed by atoms with van der Waals surface area (Å²) in [6, 6.07) is 7.09. The minimum absolute atomic E-state index is 0.0238. The number of pyridine rings is 2. The summed E-state index contributed by atoms with van der Waals surface area (Å²) in [5.41, 5.74) is 3.42. The Bertz CT molecular complexity index is 1040. The minimum atomic E-state index is -0.468. The number of aromatic nitrogens is 2. The molecular weight excluding hydrogens is 356 g/mol. The Balaban J connectivity index is 1.33. The third-order valence-corrected chi connectivity index (χ3v) is 5.78. The van der Waals surface area contributed by atoms with Crippen LogP contribution in [0.4, 0.5) is 10.5 Å². The van der Waals surface area contributed by atoms with Crippen molar-refractivity contribution in [3.05, 3.63) is 53.1 Å². The van der Waals surface area contributed by atoms with Crippen molar-refractivity contribution in [2.45, 2.75) is 37.3 Å². The Morgan fingerprint density at radius 2 is 2.29 bits per heavy atom. The summed E-state index contributed by atoms with van der Waals surface area (Å²) in [5, 5.41) is 14.8. The summed E-state index contributed by atoms with van der Waals surface area (Å²) in [7, 11) is 0. The molecule has 8 nitrogen and oxygen atoms in total. The molecule has 1 spiro atoms. The molecule has 2 aliphatic carbocycles. The number of carbonyl (C=O) groups is 2. The minimum Gasteiger partial charge on any atom is -0.346 e. The first-order valence-electron chi connectivity index (χ1n) is 9.33. The van der Waals surface area contributed by atoms with Crippen molar-refractivity contribution < 1.29 is 9.59 Å². The van der Waals surface area contributed by atoms with Gasteiger partial charge in [0.1, 0.15) is 12.6 Å². The van der Waals surface area contributed by atoms with Crippen LogP contribution in [-0.2, 0) is 16.8 Å². The van der Waals surface area contributed by atoms with Gasteiger partial charge in [-0.05, 0) is 49.4 Å². The molecule has 1 atom stereocenters. The van der Waals surface area contributed by atoms with Gasteiger partial charge in [-0.2, -0.15) is 5.26 Å². The topological polar surface area (TPSA) is 111 Å². The second-order valence-corrected chi connectivity index (χ2v) is 7.49. The zero-order chi connectivity index (χ0) is 19.3. The van der Waals surface area contributed by atoms with E-state index < -0.39 is 5.54 Å². The number of nitriles is 1. The van der Waals surface area contributed by atoms with Crippen LogP contribution in [0.1, 0.15) is 47.8 Å². The van der Waals surface area contributed by atoms with E-state index >= 15 is 0 Å². The largest absolute Gasteiger partial charge is 0.346 e. The maximum absolute atomic E-state index is 12.7. The van der Waals surface area contributed by atoms with Crippen molar-refractivity contribution >= 4 is 17.6 Å². The molecule has 2 aromatic rings. The van der Waals surface area contributed by atoms with Gasteiger partial charge in [-0.1, -0.05) is 0 Å². The predicted octanol–water partition coefficient (Wildman–Crippen LogP) is 1.99. The number of hydrogen-bond acceptors (Lipinski definition) is 5. The van der Waals surface area contributed by atoms with Crippen molar-refractivity contribution in [3.63, 3.8) is 0 Å². The monoisotopic (exact) mass is 374 g/mol. The van der Waals surface area contributed by atoms with Gasteiger partial charge in [0.05, 0.1) is 34.2 Å². The van der Waals surface area contributed by atoms with E-state index in [2.05, 4.69) is 26.7 Å². The van der Waals surface area contributed by atoms with E-state index in [4.69, 9.17) is 5.26 Å². The Labute approximate surface area is 161 Å². The maximum atomic E-state index is 12.7. The van der Waals surface area contributed by atoms with Crippen LogP contribution >= 0.6 is 0 Å². The quantitative estimate of drug-likeness (QED) is 0.853. The van der Waals surface area contributed by atoms with Gasteiger partial charge in [0.15, 0.2) is 0 Å². The first-order valence-corrected chi connectivity index (χ1v) is 9.33. The fourth-order valence-corrected chi connectivity index (χ4v) is 4.29. The lowest BCUT2D eigenvalue weighted by molar-refractivity contribution is -0.123. The summed E-state index contributed by atoms with van der Waals surface area (Å²) in [6.07, 6.45) is 6.37.